The van der Waals surface area contributed by atoms with Crippen LogP contribution in [0.25, 0.3) is 16.8 Å². The molecule has 27 heavy (non-hydrogen) atoms. The molecule has 136 valence electrons. The van der Waals surface area contributed by atoms with Crippen LogP contribution in [0.2, 0.25) is 0 Å². The Bertz CT molecular complexity index is 1050. The van der Waals surface area contributed by atoms with Crippen molar-refractivity contribution < 1.29 is 4.74 Å². The second-order valence-electron chi connectivity index (χ2n) is 6.42. The topological polar surface area (TPSA) is 83.4 Å². The molecule has 1 fully saturated rings. The highest BCUT2D eigenvalue weighted by Gasteiger charge is 2.12. The number of aromatic amines is 1. The first-order valence-electron chi connectivity index (χ1n) is 8.89. The van der Waals surface area contributed by atoms with Gasteiger partial charge in [-0.05, 0) is 18.2 Å². The van der Waals surface area contributed by atoms with Gasteiger partial charge in [0.1, 0.15) is 11.5 Å². The zero-order chi connectivity index (χ0) is 18.1. The van der Waals surface area contributed by atoms with E-state index in [-0.39, 0.29) is 0 Å². The molecule has 0 bridgehead atoms. The van der Waals surface area contributed by atoms with Gasteiger partial charge in [0.25, 0.3) is 0 Å². The first-order valence-corrected chi connectivity index (χ1v) is 8.89. The van der Waals surface area contributed by atoms with Gasteiger partial charge in [-0.25, -0.2) is 9.97 Å². The van der Waals surface area contributed by atoms with Crippen molar-refractivity contribution in [2.45, 2.75) is 0 Å². The minimum atomic E-state index is 0.756. The molecule has 1 aliphatic rings. The van der Waals surface area contributed by atoms with Crippen molar-refractivity contribution in [3.8, 4) is 11.1 Å². The normalized spacial score (nSPS) is 14.6. The summed E-state index contributed by atoms with van der Waals surface area (Å²) >= 11 is 0. The summed E-state index contributed by atoms with van der Waals surface area (Å²) in [6.07, 6.45) is 9.49. The lowest BCUT2D eigenvalue weighted by Gasteiger charge is -2.28. The number of nitrogens with one attached hydrogen (secondary N) is 2. The van der Waals surface area contributed by atoms with Gasteiger partial charge in [0, 0.05) is 54.6 Å². The Kier molecular flexibility index (Phi) is 3.95. The lowest BCUT2D eigenvalue weighted by atomic mass is 10.2. The number of ether oxygens (including phenoxy) is 1. The van der Waals surface area contributed by atoms with Crippen LogP contribution in [0.15, 0.2) is 55.2 Å². The van der Waals surface area contributed by atoms with E-state index < -0.39 is 0 Å². The lowest BCUT2D eigenvalue weighted by molar-refractivity contribution is 0.122. The molecule has 2 N–H and O–H groups in total. The Hall–Kier alpha value is -3.39. The molecular weight excluding hydrogens is 342 g/mol. The summed E-state index contributed by atoms with van der Waals surface area (Å²) in [7, 11) is 0. The van der Waals surface area contributed by atoms with Gasteiger partial charge in [-0.2, -0.15) is 5.10 Å². The molecular formula is C19H19N7O. The van der Waals surface area contributed by atoms with E-state index in [1.54, 1.807) is 6.20 Å². The number of aromatic nitrogens is 5. The first-order chi connectivity index (χ1) is 13.3. The summed E-state index contributed by atoms with van der Waals surface area (Å²) in [4.78, 5) is 11.4. The van der Waals surface area contributed by atoms with E-state index >= 15 is 0 Å². The summed E-state index contributed by atoms with van der Waals surface area (Å²) in [6, 6.07) is 8.10. The van der Waals surface area contributed by atoms with Gasteiger partial charge in [0.05, 0.1) is 25.6 Å². The average molecular weight is 361 g/mol. The molecule has 1 aliphatic heterocycles. The SMILES string of the molecule is c1cc(N2CCOCC2)cc(Nc2cn3cc(-c4cn[nH]c4)ccc3n2)n1. The number of pyridine rings is 2. The zero-order valence-electron chi connectivity index (χ0n) is 14.7. The van der Waals surface area contributed by atoms with Crippen LogP contribution in [0.4, 0.5) is 17.3 Å². The molecule has 8 nitrogen and oxygen atoms in total. The number of imidazole rings is 1. The second kappa shape index (κ2) is 6.73. The van der Waals surface area contributed by atoms with Crippen LogP contribution < -0.4 is 10.2 Å². The summed E-state index contributed by atoms with van der Waals surface area (Å²) < 4.78 is 7.42. The molecule has 0 spiro atoms. The maximum Gasteiger partial charge on any atom is 0.150 e. The van der Waals surface area contributed by atoms with Crippen LogP contribution in [0, 0.1) is 0 Å². The van der Waals surface area contributed by atoms with Crippen LogP contribution in [0.1, 0.15) is 0 Å². The van der Waals surface area contributed by atoms with Gasteiger partial charge in [-0.1, -0.05) is 0 Å². The van der Waals surface area contributed by atoms with Crippen LogP contribution in [-0.4, -0.2) is 50.9 Å². The van der Waals surface area contributed by atoms with Crippen molar-refractivity contribution in [1.82, 2.24) is 24.6 Å². The standard InChI is InChI=1S/C19H19N7O/c1-2-19-24-18(13-26(19)12-14(1)15-10-21-22-11-15)23-17-9-16(3-4-20-17)25-5-7-27-8-6-25/h1-4,9-13H,5-8H2,(H,20,23)(H,21,22). The molecule has 5 rings (SSSR count). The smallest absolute Gasteiger partial charge is 0.150 e. The van der Waals surface area contributed by atoms with E-state index in [1.165, 1.54) is 0 Å². The van der Waals surface area contributed by atoms with Gasteiger partial charge in [-0.15, -0.1) is 0 Å². The Labute approximate surface area is 155 Å². The molecule has 0 radical (unpaired) electrons. The van der Waals surface area contributed by atoms with E-state index in [1.807, 2.05) is 53.5 Å². The molecule has 0 atom stereocenters. The first kappa shape index (κ1) is 15.8. The summed E-state index contributed by atoms with van der Waals surface area (Å²) in [5, 5.41) is 10.2. The maximum atomic E-state index is 5.43. The lowest BCUT2D eigenvalue weighted by Crippen LogP contribution is -2.36. The fraction of sp³-hybridized carbons (Fsp3) is 0.211. The quantitative estimate of drug-likeness (QED) is 0.581. The Morgan fingerprint density at radius 2 is 1.96 bits per heavy atom. The minimum absolute atomic E-state index is 0.756. The third-order valence-corrected chi connectivity index (χ3v) is 4.66. The third-order valence-electron chi connectivity index (χ3n) is 4.66. The molecule has 8 heteroatoms. The van der Waals surface area contributed by atoms with Crippen molar-refractivity contribution in [2.75, 3.05) is 36.5 Å². The largest absolute Gasteiger partial charge is 0.378 e. The number of anilines is 3. The van der Waals surface area contributed by atoms with Crippen molar-refractivity contribution in [1.29, 1.82) is 0 Å². The number of rotatable bonds is 4. The molecule has 4 aromatic rings. The highest BCUT2D eigenvalue weighted by Crippen LogP contribution is 2.23. The molecule has 0 aliphatic carbocycles. The van der Waals surface area contributed by atoms with Crippen molar-refractivity contribution in [3.63, 3.8) is 0 Å². The Morgan fingerprint density at radius 3 is 2.81 bits per heavy atom. The van der Waals surface area contributed by atoms with Gasteiger partial charge in [0.2, 0.25) is 0 Å². The summed E-state index contributed by atoms with van der Waals surface area (Å²) in [5.74, 6) is 1.53. The predicted octanol–water partition coefficient (Wildman–Crippen LogP) is 2.70. The van der Waals surface area contributed by atoms with Crippen LogP contribution in [0.5, 0.6) is 0 Å². The average Bonchev–Trinajstić information content (AvgIpc) is 3.38. The third kappa shape index (κ3) is 3.22. The summed E-state index contributed by atoms with van der Waals surface area (Å²) in [6.45, 7) is 3.32. The number of fused-ring (bicyclic) bond motifs is 1. The molecule has 0 aromatic carbocycles. The number of morpholine rings is 1. The summed E-state index contributed by atoms with van der Waals surface area (Å²) in [5.41, 5.74) is 4.13. The Morgan fingerprint density at radius 1 is 1.04 bits per heavy atom. The fourth-order valence-electron chi connectivity index (χ4n) is 3.27. The second-order valence-corrected chi connectivity index (χ2v) is 6.42. The maximum absolute atomic E-state index is 5.43. The molecule has 0 amide bonds. The number of H-pyrrole nitrogens is 1. The van der Waals surface area contributed by atoms with Gasteiger partial charge >= 0.3 is 0 Å². The molecule has 0 saturated carbocycles. The Balaban J connectivity index is 1.39. The van der Waals surface area contributed by atoms with E-state index in [0.717, 1.165) is 60.4 Å². The highest BCUT2D eigenvalue weighted by molar-refractivity contribution is 5.65. The van der Waals surface area contributed by atoms with Crippen molar-refractivity contribution >= 4 is 23.0 Å². The zero-order valence-corrected chi connectivity index (χ0v) is 14.7. The van der Waals surface area contributed by atoms with Crippen LogP contribution >= 0.6 is 0 Å². The van der Waals surface area contributed by atoms with E-state index in [4.69, 9.17) is 4.74 Å². The van der Waals surface area contributed by atoms with Gasteiger partial charge in [-0.3, -0.25) is 5.10 Å². The number of hydrogen-bond acceptors (Lipinski definition) is 6. The van der Waals surface area contributed by atoms with E-state index in [9.17, 15) is 0 Å². The monoisotopic (exact) mass is 361 g/mol. The molecule has 5 heterocycles. The highest BCUT2D eigenvalue weighted by atomic mass is 16.5. The van der Waals surface area contributed by atoms with Crippen molar-refractivity contribution in [3.05, 3.63) is 55.2 Å². The van der Waals surface area contributed by atoms with E-state index in [0.29, 0.717) is 0 Å². The van der Waals surface area contributed by atoms with Gasteiger partial charge < -0.3 is 19.4 Å². The predicted molar refractivity (Wildman–Crippen MR) is 103 cm³/mol. The molecule has 4 aromatic heterocycles. The van der Waals surface area contributed by atoms with Crippen LogP contribution in [-0.2, 0) is 4.74 Å². The molecule has 1 saturated heterocycles. The van der Waals surface area contributed by atoms with E-state index in [2.05, 4.69) is 30.4 Å². The van der Waals surface area contributed by atoms with Crippen molar-refractivity contribution in [2.24, 2.45) is 0 Å². The van der Waals surface area contributed by atoms with Gasteiger partial charge in [0.15, 0.2) is 5.82 Å². The van der Waals surface area contributed by atoms with Crippen LogP contribution in [0.3, 0.4) is 0 Å². The number of hydrogen-bond donors (Lipinski definition) is 2. The fourth-order valence-corrected chi connectivity index (χ4v) is 3.27. The molecule has 0 unspecified atom stereocenters. The number of nitrogens with zero attached hydrogens (tertiary/aromatic N) is 5. The minimum Gasteiger partial charge on any atom is -0.378 e.